The molecule has 2 rings (SSSR count). The molecular weight excluding hydrogens is 298 g/mol. The van der Waals surface area contributed by atoms with Gasteiger partial charge < -0.3 is 10.6 Å². The SMILES string of the molecule is CN(Cc1nc(C(C)(C)C)cs1)c1cccc(C(N)=S)c1. The lowest BCUT2D eigenvalue weighted by Gasteiger charge is -2.19. The quantitative estimate of drug-likeness (QED) is 0.872. The third-order valence-corrected chi connectivity index (χ3v) is 4.33. The summed E-state index contributed by atoms with van der Waals surface area (Å²) in [5, 5.41) is 3.26. The van der Waals surface area contributed by atoms with Crippen molar-refractivity contribution in [3.05, 3.63) is 45.9 Å². The topological polar surface area (TPSA) is 42.2 Å². The fraction of sp³-hybridized carbons (Fsp3) is 0.375. The standard InChI is InChI=1S/C16H21N3S2/c1-16(2,3)13-10-21-14(18-13)9-19(4)12-7-5-6-11(8-12)15(17)20/h5-8,10H,9H2,1-4H3,(H2,17,20). The lowest BCUT2D eigenvalue weighted by molar-refractivity contribution is 0.570. The third kappa shape index (κ3) is 4.02. The van der Waals surface area contributed by atoms with Gasteiger partial charge in [-0.1, -0.05) is 45.1 Å². The molecule has 0 atom stereocenters. The molecule has 0 aliphatic heterocycles. The lowest BCUT2D eigenvalue weighted by Crippen LogP contribution is -2.18. The summed E-state index contributed by atoms with van der Waals surface area (Å²) in [5.74, 6) is 0. The zero-order valence-corrected chi connectivity index (χ0v) is 14.5. The van der Waals surface area contributed by atoms with Crippen molar-refractivity contribution in [2.75, 3.05) is 11.9 Å². The van der Waals surface area contributed by atoms with Crippen molar-refractivity contribution < 1.29 is 0 Å². The van der Waals surface area contributed by atoms with Crippen LogP contribution in [0.4, 0.5) is 5.69 Å². The minimum atomic E-state index is 0.0962. The molecule has 3 nitrogen and oxygen atoms in total. The normalized spacial score (nSPS) is 11.4. The minimum Gasteiger partial charge on any atom is -0.389 e. The fourth-order valence-corrected chi connectivity index (χ4v) is 3.12. The molecule has 0 bridgehead atoms. The van der Waals surface area contributed by atoms with Crippen molar-refractivity contribution in [2.45, 2.75) is 32.7 Å². The first-order valence-corrected chi connectivity index (χ1v) is 8.12. The molecule has 1 aromatic heterocycles. The minimum absolute atomic E-state index is 0.0962. The third-order valence-electron chi connectivity index (χ3n) is 3.26. The van der Waals surface area contributed by atoms with Gasteiger partial charge in [0.2, 0.25) is 0 Å². The first kappa shape index (κ1) is 15.9. The Bertz CT molecular complexity index is 641. The number of rotatable bonds is 4. The molecule has 0 aliphatic rings. The Morgan fingerprint density at radius 2 is 2.10 bits per heavy atom. The Balaban J connectivity index is 2.14. The average molecular weight is 319 g/mol. The molecule has 2 N–H and O–H groups in total. The molecule has 1 aromatic carbocycles. The molecule has 0 spiro atoms. The van der Waals surface area contributed by atoms with Crippen molar-refractivity contribution in [3.63, 3.8) is 0 Å². The number of aromatic nitrogens is 1. The molecule has 21 heavy (non-hydrogen) atoms. The van der Waals surface area contributed by atoms with Crippen LogP contribution in [0, 0.1) is 0 Å². The van der Waals surface area contributed by atoms with Crippen LogP contribution in [-0.2, 0) is 12.0 Å². The van der Waals surface area contributed by atoms with Gasteiger partial charge in [0.25, 0.3) is 0 Å². The summed E-state index contributed by atoms with van der Waals surface area (Å²) in [6.07, 6.45) is 0. The number of anilines is 1. The summed E-state index contributed by atoms with van der Waals surface area (Å²) >= 11 is 6.74. The first-order valence-electron chi connectivity index (χ1n) is 6.83. The first-order chi connectivity index (χ1) is 9.77. The molecular formula is C16H21N3S2. The molecule has 112 valence electrons. The van der Waals surface area contributed by atoms with Gasteiger partial charge in [0.15, 0.2) is 0 Å². The maximum atomic E-state index is 5.69. The highest BCUT2D eigenvalue weighted by Crippen LogP contribution is 2.25. The fourth-order valence-electron chi connectivity index (χ4n) is 1.92. The van der Waals surface area contributed by atoms with Crippen LogP contribution in [0.3, 0.4) is 0 Å². The van der Waals surface area contributed by atoms with Gasteiger partial charge >= 0.3 is 0 Å². The smallest absolute Gasteiger partial charge is 0.112 e. The molecule has 0 saturated carbocycles. The number of thiazole rings is 1. The van der Waals surface area contributed by atoms with Crippen LogP contribution in [0.2, 0.25) is 0 Å². The van der Waals surface area contributed by atoms with E-state index in [4.69, 9.17) is 22.9 Å². The van der Waals surface area contributed by atoms with E-state index in [1.807, 2.05) is 18.2 Å². The monoisotopic (exact) mass is 319 g/mol. The second-order valence-electron chi connectivity index (χ2n) is 6.15. The van der Waals surface area contributed by atoms with E-state index in [0.717, 1.165) is 28.5 Å². The van der Waals surface area contributed by atoms with Gasteiger partial charge in [0.05, 0.1) is 12.2 Å². The van der Waals surface area contributed by atoms with Crippen molar-refractivity contribution in [3.8, 4) is 0 Å². The van der Waals surface area contributed by atoms with Gasteiger partial charge in [0.1, 0.15) is 10.00 Å². The summed E-state index contributed by atoms with van der Waals surface area (Å²) in [4.78, 5) is 7.32. The summed E-state index contributed by atoms with van der Waals surface area (Å²) < 4.78 is 0. The van der Waals surface area contributed by atoms with Gasteiger partial charge in [-0.2, -0.15) is 0 Å². The van der Waals surface area contributed by atoms with Gasteiger partial charge in [-0.15, -0.1) is 11.3 Å². The van der Waals surface area contributed by atoms with Crippen LogP contribution in [0.25, 0.3) is 0 Å². The number of nitrogens with zero attached hydrogens (tertiary/aromatic N) is 2. The average Bonchev–Trinajstić information content (AvgIpc) is 2.87. The van der Waals surface area contributed by atoms with Crippen LogP contribution in [0.5, 0.6) is 0 Å². The predicted octanol–water partition coefficient (Wildman–Crippen LogP) is 3.71. The molecule has 0 unspecified atom stereocenters. The van der Waals surface area contributed by atoms with E-state index in [1.54, 1.807) is 11.3 Å². The van der Waals surface area contributed by atoms with Gasteiger partial charge in [-0.05, 0) is 12.1 Å². The maximum Gasteiger partial charge on any atom is 0.112 e. The van der Waals surface area contributed by atoms with E-state index in [2.05, 4.69) is 44.2 Å². The largest absolute Gasteiger partial charge is 0.389 e. The Kier molecular flexibility index (Phi) is 4.64. The van der Waals surface area contributed by atoms with Crippen molar-refractivity contribution in [1.82, 2.24) is 4.98 Å². The van der Waals surface area contributed by atoms with Crippen LogP contribution in [0.1, 0.15) is 37.0 Å². The van der Waals surface area contributed by atoms with E-state index >= 15 is 0 Å². The lowest BCUT2D eigenvalue weighted by atomic mass is 9.93. The summed E-state index contributed by atoms with van der Waals surface area (Å²) in [5.41, 5.74) is 8.91. The Labute approximate surface area is 135 Å². The van der Waals surface area contributed by atoms with Crippen molar-refractivity contribution >= 4 is 34.2 Å². The molecule has 2 aromatic rings. The molecule has 0 aliphatic carbocycles. The number of nitrogens with two attached hydrogens (primary N) is 1. The van der Waals surface area contributed by atoms with Crippen LogP contribution in [0.15, 0.2) is 29.6 Å². The molecule has 0 amide bonds. The molecule has 1 heterocycles. The highest BCUT2D eigenvalue weighted by Gasteiger charge is 2.17. The van der Waals surface area contributed by atoms with E-state index in [0.29, 0.717) is 4.99 Å². The highest BCUT2D eigenvalue weighted by atomic mass is 32.1. The van der Waals surface area contributed by atoms with Gasteiger partial charge in [-0.3, -0.25) is 0 Å². The predicted molar refractivity (Wildman–Crippen MR) is 95.3 cm³/mol. The van der Waals surface area contributed by atoms with E-state index < -0.39 is 0 Å². The van der Waals surface area contributed by atoms with Crippen molar-refractivity contribution in [2.24, 2.45) is 5.73 Å². The number of hydrogen-bond donors (Lipinski definition) is 1. The Morgan fingerprint density at radius 3 is 2.67 bits per heavy atom. The second-order valence-corrected chi connectivity index (χ2v) is 7.53. The summed E-state index contributed by atoms with van der Waals surface area (Å²) in [6.45, 7) is 7.32. The van der Waals surface area contributed by atoms with Crippen LogP contribution < -0.4 is 10.6 Å². The zero-order chi connectivity index (χ0) is 15.6. The molecule has 0 fully saturated rings. The van der Waals surface area contributed by atoms with E-state index in [1.165, 1.54) is 0 Å². The van der Waals surface area contributed by atoms with Crippen LogP contribution >= 0.6 is 23.6 Å². The summed E-state index contributed by atoms with van der Waals surface area (Å²) in [7, 11) is 2.05. The number of benzene rings is 1. The molecule has 5 heteroatoms. The highest BCUT2D eigenvalue weighted by molar-refractivity contribution is 7.80. The maximum absolute atomic E-state index is 5.69. The summed E-state index contributed by atoms with van der Waals surface area (Å²) in [6, 6.07) is 7.98. The second kappa shape index (κ2) is 6.12. The zero-order valence-electron chi connectivity index (χ0n) is 12.9. The van der Waals surface area contributed by atoms with Crippen LogP contribution in [-0.4, -0.2) is 17.0 Å². The van der Waals surface area contributed by atoms with E-state index in [-0.39, 0.29) is 5.41 Å². The van der Waals surface area contributed by atoms with Crippen molar-refractivity contribution in [1.29, 1.82) is 0 Å². The molecule has 0 radical (unpaired) electrons. The van der Waals surface area contributed by atoms with Gasteiger partial charge in [-0.25, -0.2) is 4.98 Å². The number of thiocarbonyl (C=S) groups is 1. The van der Waals surface area contributed by atoms with Gasteiger partial charge in [0, 0.05) is 29.1 Å². The number of hydrogen-bond acceptors (Lipinski definition) is 4. The Hall–Kier alpha value is -1.46. The Morgan fingerprint density at radius 1 is 1.38 bits per heavy atom. The molecule has 0 saturated heterocycles. The van der Waals surface area contributed by atoms with E-state index in [9.17, 15) is 0 Å².